The molecule has 3 rings (SSSR count). The van der Waals surface area contributed by atoms with Crippen molar-refractivity contribution in [2.75, 3.05) is 0 Å². The Morgan fingerprint density at radius 3 is 2.54 bits per heavy atom. The summed E-state index contributed by atoms with van der Waals surface area (Å²) in [5, 5.41) is 9.40. The number of amides is 1. The van der Waals surface area contributed by atoms with Crippen LogP contribution in [0.4, 0.5) is 0 Å². The van der Waals surface area contributed by atoms with E-state index in [1.807, 2.05) is 26.0 Å². The number of hydrogen-bond donors (Lipinski definition) is 1. The van der Waals surface area contributed by atoms with Crippen molar-refractivity contribution in [2.24, 2.45) is 0 Å². The third kappa shape index (κ3) is 3.47. The first-order valence-corrected chi connectivity index (χ1v) is 8.28. The molecule has 0 saturated carbocycles. The molecule has 1 heterocycles. The summed E-state index contributed by atoms with van der Waals surface area (Å²) in [6.07, 6.45) is 0. The SMILES string of the molecule is CC(C)N(Cc1nc2ccccc2c(=O)[nH]1)C(=O)c1ccc(C#N)cc1. The Labute approximate surface area is 150 Å². The monoisotopic (exact) mass is 346 g/mol. The second-order valence-corrected chi connectivity index (χ2v) is 6.25. The Hall–Kier alpha value is -3.46. The quantitative estimate of drug-likeness (QED) is 0.786. The lowest BCUT2D eigenvalue weighted by molar-refractivity contribution is 0.0685. The minimum Gasteiger partial charge on any atom is -0.329 e. The Bertz CT molecular complexity index is 1050. The van der Waals surface area contributed by atoms with Gasteiger partial charge in [0.15, 0.2) is 0 Å². The van der Waals surface area contributed by atoms with Crippen LogP contribution in [0.3, 0.4) is 0 Å². The van der Waals surface area contributed by atoms with E-state index in [1.165, 1.54) is 0 Å². The Balaban J connectivity index is 1.92. The van der Waals surface area contributed by atoms with Gasteiger partial charge in [0, 0.05) is 11.6 Å². The number of H-pyrrole nitrogens is 1. The number of carbonyl (C=O) groups is 1. The van der Waals surface area contributed by atoms with Crippen molar-refractivity contribution in [2.45, 2.75) is 26.4 Å². The number of nitrogens with zero attached hydrogens (tertiary/aromatic N) is 3. The first-order chi connectivity index (χ1) is 12.5. The second kappa shape index (κ2) is 7.19. The number of nitrogens with one attached hydrogen (secondary N) is 1. The van der Waals surface area contributed by atoms with Crippen molar-refractivity contribution in [3.05, 3.63) is 75.8 Å². The topological polar surface area (TPSA) is 89.8 Å². The minimum absolute atomic E-state index is 0.0880. The maximum atomic E-state index is 12.9. The van der Waals surface area contributed by atoms with Gasteiger partial charge < -0.3 is 9.88 Å². The van der Waals surface area contributed by atoms with Crippen molar-refractivity contribution in [1.82, 2.24) is 14.9 Å². The number of aromatic nitrogens is 2. The molecule has 6 heteroatoms. The van der Waals surface area contributed by atoms with Gasteiger partial charge in [-0.05, 0) is 50.2 Å². The highest BCUT2D eigenvalue weighted by molar-refractivity contribution is 5.94. The maximum absolute atomic E-state index is 12.9. The number of para-hydroxylation sites is 1. The van der Waals surface area contributed by atoms with Crippen LogP contribution in [0.2, 0.25) is 0 Å². The van der Waals surface area contributed by atoms with Gasteiger partial charge in [-0.2, -0.15) is 5.26 Å². The van der Waals surface area contributed by atoms with Crippen LogP contribution in [-0.2, 0) is 6.54 Å². The molecule has 0 aliphatic carbocycles. The third-order valence-corrected chi connectivity index (χ3v) is 4.13. The van der Waals surface area contributed by atoms with Crippen LogP contribution < -0.4 is 5.56 Å². The van der Waals surface area contributed by atoms with E-state index < -0.39 is 0 Å². The van der Waals surface area contributed by atoms with Gasteiger partial charge in [-0.25, -0.2) is 4.98 Å². The minimum atomic E-state index is -0.222. The Kier molecular flexibility index (Phi) is 4.81. The molecule has 0 saturated heterocycles. The zero-order valence-electron chi connectivity index (χ0n) is 14.6. The average molecular weight is 346 g/mol. The number of nitriles is 1. The van der Waals surface area contributed by atoms with Crippen molar-refractivity contribution in [3.63, 3.8) is 0 Å². The van der Waals surface area contributed by atoms with Crippen LogP contribution in [-0.4, -0.2) is 26.8 Å². The van der Waals surface area contributed by atoms with Crippen molar-refractivity contribution in [3.8, 4) is 6.07 Å². The first kappa shape index (κ1) is 17.4. The normalized spacial score (nSPS) is 10.7. The molecule has 26 heavy (non-hydrogen) atoms. The molecule has 0 fully saturated rings. The van der Waals surface area contributed by atoms with E-state index in [-0.39, 0.29) is 24.1 Å². The molecule has 0 aliphatic rings. The molecular formula is C20H18N4O2. The van der Waals surface area contributed by atoms with Gasteiger partial charge in [-0.3, -0.25) is 9.59 Å². The van der Waals surface area contributed by atoms with Gasteiger partial charge in [-0.15, -0.1) is 0 Å². The van der Waals surface area contributed by atoms with E-state index in [2.05, 4.69) is 9.97 Å². The van der Waals surface area contributed by atoms with Gasteiger partial charge in [0.05, 0.1) is 29.1 Å². The molecular weight excluding hydrogens is 328 g/mol. The maximum Gasteiger partial charge on any atom is 0.258 e. The second-order valence-electron chi connectivity index (χ2n) is 6.25. The van der Waals surface area contributed by atoms with Crippen molar-refractivity contribution >= 4 is 16.8 Å². The lowest BCUT2D eigenvalue weighted by Crippen LogP contribution is -2.37. The summed E-state index contributed by atoms with van der Waals surface area (Å²) in [6.45, 7) is 4.00. The highest BCUT2D eigenvalue weighted by atomic mass is 16.2. The molecule has 2 aromatic carbocycles. The number of fused-ring (bicyclic) bond motifs is 1. The summed E-state index contributed by atoms with van der Waals surface area (Å²) >= 11 is 0. The number of carbonyl (C=O) groups excluding carboxylic acids is 1. The molecule has 0 aliphatic heterocycles. The third-order valence-electron chi connectivity index (χ3n) is 4.13. The first-order valence-electron chi connectivity index (χ1n) is 8.28. The van der Waals surface area contributed by atoms with Gasteiger partial charge >= 0.3 is 0 Å². The van der Waals surface area contributed by atoms with E-state index in [4.69, 9.17) is 5.26 Å². The molecule has 0 bridgehead atoms. The lowest BCUT2D eigenvalue weighted by Gasteiger charge is -2.26. The van der Waals surface area contributed by atoms with E-state index in [1.54, 1.807) is 47.4 Å². The highest BCUT2D eigenvalue weighted by Gasteiger charge is 2.20. The predicted molar refractivity (Wildman–Crippen MR) is 98.5 cm³/mol. The van der Waals surface area contributed by atoms with Gasteiger partial charge in [0.2, 0.25) is 0 Å². The summed E-state index contributed by atoms with van der Waals surface area (Å²) in [6, 6.07) is 15.5. The van der Waals surface area contributed by atoms with Gasteiger partial charge in [-0.1, -0.05) is 12.1 Å². The zero-order chi connectivity index (χ0) is 18.7. The molecule has 3 aromatic rings. The van der Waals surface area contributed by atoms with Crippen LogP contribution in [0.5, 0.6) is 0 Å². The summed E-state index contributed by atoms with van der Waals surface area (Å²) in [7, 11) is 0. The fourth-order valence-electron chi connectivity index (χ4n) is 2.71. The Morgan fingerprint density at radius 2 is 1.88 bits per heavy atom. The predicted octanol–water partition coefficient (Wildman–Crippen LogP) is 2.85. The van der Waals surface area contributed by atoms with Crippen LogP contribution >= 0.6 is 0 Å². The largest absolute Gasteiger partial charge is 0.329 e. The summed E-state index contributed by atoms with van der Waals surface area (Å²) in [5.41, 5.74) is 1.36. The fourth-order valence-corrected chi connectivity index (χ4v) is 2.71. The number of hydrogen-bond acceptors (Lipinski definition) is 4. The van der Waals surface area contributed by atoms with Crippen molar-refractivity contribution < 1.29 is 4.79 Å². The van der Waals surface area contributed by atoms with Crippen LogP contribution in [0, 0.1) is 11.3 Å². The number of benzene rings is 2. The summed E-state index contributed by atoms with van der Waals surface area (Å²) in [4.78, 5) is 34.0. The molecule has 6 nitrogen and oxygen atoms in total. The van der Waals surface area contributed by atoms with E-state index in [0.717, 1.165) is 0 Å². The van der Waals surface area contributed by atoms with E-state index in [9.17, 15) is 9.59 Å². The summed E-state index contributed by atoms with van der Waals surface area (Å²) < 4.78 is 0. The fraction of sp³-hybridized carbons (Fsp3) is 0.200. The molecule has 1 aromatic heterocycles. The molecule has 1 N–H and O–H groups in total. The molecule has 0 spiro atoms. The van der Waals surface area contributed by atoms with E-state index in [0.29, 0.717) is 27.9 Å². The lowest BCUT2D eigenvalue weighted by atomic mass is 10.1. The van der Waals surface area contributed by atoms with Crippen LogP contribution in [0.1, 0.15) is 35.6 Å². The smallest absolute Gasteiger partial charge is 0.258 e. The molecule has 0 atom stereocenters. The number of aromatic amines is 1. The van der Waals surface area contributed by atoms with Gasteiger partial charge in [0.25, 0.3) is 11.5 Å². The standard InChI is InChI=1S/C20H18N4O2/c1-13(2)24(20(26)15-9-7-14(11-21)8-10-15)12-18-22-17-6-4-3-5-16(17)19(25)23-18/h3-10,13H,12H2,1-2H3,(H,22,23,25). The molecule has 0 radical (unpaired) electrons. The molecule has 0 unspecified atom stereocenters. The van der Waals surface area contributed by atoms with E-state index >= 15 is 0 Å². The van der Waals surface area contributed by atoms with Crippen LogP contribution in [0.25, 0.3) is 10.9 Å². The Morgan fingerprint density at radius 1 is 1.19 bits per heavy atom. The molecule has 1 amide bonds. The zero-order valence-corrected chi connectivity index (χ0v) is 14.6. The highest BCUT2D eigenvalue weighted by Crippen LogP contribution is 2.13. The van der Waals surface area contributed by atoms with Crippen molar-refractivity contribution in [1.29, 1.82) is 5.26 Å². The van der Waals surface area contributed by atoms with Crippen LogP contribution in [0.15, 0.2) is 53.3 Å². The molecule has 130 valence electrons. The average Bonchev–Trinajstić information content (AvgIpc) is 2.65. The van der Waals surface area contributed by atoms with Gasteiger partial charge in [0.1, 0.15) is 5.82 Å². The summed E-state index contributed by atoms with van der Waals surface area (Å²) in [5.74, 6) is 0.254. The number of rotatable bonds is 4.